The normalized spacial score (nSPS) is 23.8. The number of aromatic nitrogens is 2. The van der Waals surface area contributed by atoms with E-state index in [0.29, 0.717) is 12.1 Å². The maximum Gasteiger partial charge on any atom is 0.0826 e. The largest absolute Gasteiger partial charge is 0.374 e. The molecule has 96 valence electrons. The van der Waals surface area contributed by atoms with Gasteiger partial charge in [0.2, 0.25) is 0 Å². The molecule has 5 nitrogen and oxygen atoms in total. The Morgan fingerprint density at radius 2 is 2.47 bits per heavy atom. The Hall–Kier alpha value is -0.910. The minimum Gasteiger partial charge on any atom is -0.374 e. The minimum atomic E-state index is 0.296. The van der Waals surface area contributed by atoms with Gasteiger partial charge in [0.05, 0.1) is 18.4 Å². The van der Waals surface area contributed by atoms with E-state index in [9.17, 15) is 0 Å². The van der Waals surface area contributed by atoms with Crippen LogP contribution in [0.5, 0.6) is 0 Å². The van der Waals surface area contributed by atoms with Crippen molar-refractivity contribution in [3.8, 4) is 0 Å². The number of hydrogen-bond acceptors (Lipinski definition) is 4. The van der Waals surface area contributed by atoms with Crippen LogP contribution in [0.1, 0.15) is 18.7 Å². The van der Waals surface area contributed by atoms with Crippen LogP contribution in [0, 0.1) is 0 Å². The third-order valence-electron chi connectivity index (χ3n) is 3.44. The van der Waals surface area contributed by atoms with Crippen molar-refractivity contribution >= 4 is 0 Å². The zero-order valence-electron chi connectivity index (χ0n) is 10.9. The molecule has 1 aromatic rings. The average molecular weight is 238 g/mol. The van der Waals surface area contributed by atoms with E-state index in [4.69, 9.17) is 4.74 Å². The number of morpholine rings is 1. The highest BCUT2D eigenvalue weighted by Crippen LogP contribution is 2.21. The molecule has 0 saturated carbocycles. The number of aryl methyl sites for hydroxylation is 1. The van der Waals surface area contributed by atoms with Crippen molar-refractivity contribution in [2.45, 2.75) is 19.1 Å². The topological polar surface area (TPSA) is 42.3 Å². The summed E-state index contributed by atoms with van der Waals surface area (Å²) in [4.78, 5) is 2.46. The van der Waals surface area contributed by atoms with Crippen molar-refractivity contribution in [2.75, 3.05) is 33.3 Å². The standard InChI is InChI=1S/C12H22N4O/c1-10(12-4-5-14-15(12)3)16-6-7-17-11(9-16)8-13-2/h4-5,10-11,13H,6-9H2,1-3H3. The molecule has 1 aliphatic rings. The molecule has 2 unspecified atom stereocenters. The molecule has 1 aliphatic heterocycles. The number of ether oxygens (including phenoxy) is 1. The second-order valence-electron chi connectivity index (χ2n) is 4.60. The first-order valence-electron chi connectivity index (χ1n) is 6.20. The third kappa shape index (κ3) is 2.86. The van der Waals surface area contributed by atoms with Crippen molar-refractivity contribution in [2.24, 2.45) is 7.05 Å². The van der Waals surface area contributed by atoms with Crippen molar-refractivity contribution in [1.29, 1.82) is 0 Å². The number of hydrogen-bond donors (Lipinski definition) is 1. The molecule has 2 atom stereocenters. The van der Waals surface area contributed by atoms with Crippen molar-refractivity contribution in [3.63, 3.8) is 0 Å². The van der Waals surface area contributed by atoms with Gasteiger partial charge in [-0.1, -0.05) is 0 Å². The summed E-state index contributed by atoms with van der Waals surface area (Å²) >= 11 is 0. The van der Waals surface area contributed by atoms with E-state index in [1.54, 1.807) is 0 Å². The lowest BCUT2D eigenvalue weighted by Crippen LogP contribution is -2.47. The molecule has 0 bridgehead atoms. The van der Waals surface area contributed by atoms with Crippen LogP contribution < -0.4 is 5.32 Å². The van der Waals surface area contributed by atoms with Crippen LogP contribution in [0.15, 0.2) is 12.3 Å². The van der Waals surface area contributed by atoms with Crippen molar-refractivity contribution in [1.82, 2.24) is 20.0 Å². The van der Waals surface area contributed by atoms with Gasteiger partial charge >= 0.3 is 0 Å². The van der Waals surface area contributed by atoms with Crippen LogP contribution in [0.25, 0.3) is 0 Å². The summed E-state index contributed by atoms with van der Waals surface area (Å²) in [5.41, 5.74) is 1.26. The Balaban J connectivity index is 1.99. The van der Waals surface area contributed by atoms with Crippen molar-refractivity contribution < 1.29 is 4.74 Å². The van der Waals surface area contributed by atoms with Gasteiger partial charge in [-0.15, -0.1) is 0 Å². The molecular formula is C12H22N4O. The zero-order valence-corrected chi connectivity index (χ0v) is 10.9. The first kappa shape index (κ1) is 12.5. The lowest BCUT2D eigenvalue weighted by Gasteiger charge is -2.36. The van der Waals surface area contributed by atoms with Crippen LogP contribution in [0.2, 0.25) is 0 Å². The molecule has 0 spiro atoms. The second kappa shape index (κ2) is 5.62. The van der Waals surface area contributed by atoms with E-state index in [1.807, 2.05) is 25.0 Å². The van der Waals surface area contributed by atoms with Crippen LogP contribution in [-0.4, -0.2) is 54.1 Å². The highest BCUT2D eigenvalue weighted by atomic mass is 16.5. The average Bonchev–Trinajstić information content (AvgIpc) is 2.75. The van der Waals surface area contributed by atoms with E-state index in [-0.39, 0.29) is 0 Å². The fourth-order valence-corrected chi connectivity index (χ4v) is 2.43. The zero-order chi connectivity index (χ0) is 12.3. The quantitative estimate of drug-likeness (QED) is 0.824. The number of likely N-dealkylation sites (N-methyl/N-ethyl adjacent to an activating group) is 1. The molecule has 0 aromatic carbocycles. The third-order valence-corrected chi connectivity index (χ3v) is 3.44. The summed E-state index contributed by atoms with van der Waals surface area (Å²) in [6, 6.07) is 2.48. The molecule has 0 amide bonds. The highest BCUT2D eigenvalue weighted by molar-refractivity contribution is 5.06. The van der Waals surface area contributed by atoms with Gasteiger partial charge in [-0.2, -0.15) is 5.10 Å². The SMILES string of the molecule is CNCC1CN(C(C)c2ccnn2C)CCO1. The summed E-state index contributed by atoms with van der Waals surface area (Å²) in [5.74, 6) is 0. The molecular weight excluding hydrogens is 216 g/mol. The predicted molar refractivity (Wildman–Crippen MR) is 66.9 cm³/mol. The lowest BCUT2D eigenvalue weighted by molar-refractivity contribution is -0.0402. The summed E-state index contributed by atoms with van der Waals surface area (Å²) in [6.07, 6.45) is 2.15. The summed E-state index contributed by atoms with van der Waals surface area (Å²) in [6.45, 7) is 5.93. The first-order valence-corrected chi connectivity index (χ1v) is 6.20. The minimum absolute atomic E-state index is 0.296. The van der Waals surface area contributed by atoms with E-state index < -0.39 is 0 Å². The fourth-order valence-electron chi connectivity index (χ4n) is 2.43. The molecule has 1 fully saturated rings. The van der Waals surface area contributed by atoms with Gasteiger partial charge in [-0.05, 0) is 20.0 Å². The maximum absolute atomic E-state index is 5.72. The number of nitrogens with zero attached hydrogens (tertiary/aromatic N) is 3. The lowest BCUT2D eigenvalue weighted by atomic mass is 10.1. The second-order valence-corrected chi connectivity index (χ2v) is 4.60. The first-order chi connectivity index (χ1) is 8.22. The predicted octanol–water partition coefficient (Wildman–Crippen LogP) is 0.401. The summed E-state index contributed by atoms with van der Waals surface area (Å²) < 4.78 is 7.67. The van der Waals surface area contributed by atoms with E-state index in [1.165, 1.54) is 5.69 Å². The van der Waals surface area contributed by atoms with Crippen LogP contribution in [0.3, 0.4) is 0 Å². The number of nitrogens with one attached hydrogen (secondary N) is 1. The van der Waals surface area contributed by atoms with Gasteiger partial charge in [0, 0.05) is 38.9 Å². The Bertz CT molecular complexity index is 350. The Kier molecular flexibility index (Phi) is 4.15. The molecule has 0 radical (unpaired) electrons. The highest BCUT2D eigenvalue weighted by Gasteiger charge is 2.25. The molecule has 1 aromatic heterocycles. The van der Waals surface area contributed by atoms with E-state index >= 15 is 0 Å². The van der Waals surface area contributed by atoms with Gasteiger partial charge in [0.15, 0.2) is 0 Å². The van der Waals surface area contributed by atoms with Gasteiger partial charge in [0.25, 0.3) is 0 Å². The molecule has 1 N–H and O–H groups in total. The van der Waals surface area contributed by atoms with Gasteiger partial charge in [0.1, 0.15) is 0 Å². The summed E-state index contributed by atoms with van der Waals surface area (Å²) in [5, 5.41) is 7.41. The molecule has 5 heteroatoms. The van der Waals surface area contributed by atoms with E-state index in [2.05, 4.69) is 28.3 Å². The molecule has 0 aliphatic carbocycles. The van der Waals surface area contributed by atoms with Gasteiger partial charge in [-0.25, -0.2) is 0 Å². The van der Waals surface area contributed by atoms with Gasteiger partial charge in [-0.3, -0.25) is 9.58 Å². The van der Waals surface area contributed by atoms with Gasteiger partial charge < -0.3 is 10.1 Å². The van der Waals surface area contributed by atoms with Crippen LogP contribution in [0.4, 0.5) is 0 Å². The Labute approximate surface area is 103 Å². The summed E-state index contributed by atoms with van der Waals surface area (Å²) in [7, 11) is 3.96. The smallest absolute Gasteiger partial charge is 0.0826 e. The molecule has 1 saturated heterocycles. The maximum atomic E-state index is 5.72. The van der Waals surface area contributed by atoms with Crippen LogP contribution in [-0.2, 0) is 11.8 Å². The van der Waals surface area contributed by atoms with Crippen LogP contribution >= 0.6 is 0 Å². The van der Waals surface area contributed by atoms with E-state index in [0.717, 1.165) is 26.2 Å². The Morgan fingerprint density at radius 3 is 3.12 bits per heavy atom. The molecule has 2 heterocycles. The Morgan fingerprint density at radius 1 is 1.65 bits per heavy atom. The monoisotopic (exact) mass is 238 g/mol. The molecule has 17 heavy (non-hydrogen) atoms. The fraction of sp³-hybridized carbons (Fsp3) is 0.750. The van der Waals surface area contributed by atoms with Crippen molar-refractivity contribution in [3.05, 3.63) is 18.0 Å². The molecule has 2 rings (SSSR count). The number of rotatable bonds is 4.